The van der Waals surface area contributed by atoms with E-state index >= 15 is 0 Å². The number of oxazole rings is 1. The van der Waals surface area contributed by atoms with Crippen LogP contribution >= 0.6 is 0 Å². The largest absolute Gasteiger partial charge is 0.432 e. The van der Waals surface area contributed by atoms with E-state index in [9.17, 15) is 9.59 Å². The van der Waals surface area contributed by atoms with Crippen LogP contribution in [0.2, 0.25) is 0 Å². The molecule has 2 fully saturated rings. The molecular weight excluding hydrogens is 332 g/mol. The highest BCUT2D eigenvalue weighted by molar-refractivity contribution is 5.90. The van der Waals surface area contributed by atoms with Gasteiger partial charge in [0.1, 0.15) is 0 Å². The first-order valence-electron chi connectivity index (χ1n) is 8.94. The molecule has 7 heteroatoms. The number of carbonyl (C=O) groups is 2. The molecule has 2 bridgehead atoms. The smallest absolute Gasteiger partial charge is 0.307 e. The Morgan fingerprint density at radius 1 is 1.23 bits per heavy atom. The molecule has 0 aliphatic carbocycles. The van der Waals surface area contributed by atoms with Crippen molar-refractivity contribution in [1.29, 1.82) is 0 Å². The summed E-state index contributed by atoms with van der Waals surface area (Å²) < 4.78 is 5.64. The number of hydrogen-bond acceptors (Lipinski definition) is 5. The first kappa shape index (κ1) is 16.8. The van der Waals surface area contributed by atoms with Gasteiger partial charge in [0.05, 0.1) is 6.20 Å². The highest BCUT2D eigenvalue weighted by atomic mass is 16.4. The molecule has 26 heavy (non-hydrogen) atoms. The minimum absolute atomic E-state index is 0.0823. The van der Waals surface area contributed by atoms with Gasteiger partial charge in [-0.3, -0.25) is 9.59 Å². The lowest BCUT2D eigenvalue weighted by atomic mass is 9.97. The zero-order valence-electron chi connectivity index (χ0n) is 14.7. The minimum Gasteiger partial charge on any atom is -0.432 e. The Bertz CT molecular complexity index is 802. The molecule has 2 aliphatic rings. The zero-order chi connectivity index (χ0) is 18.1. The molecule has 2 aliphatic heterocycles. The maximum absolute atomic E-state index is 12.4. The predicted molar refractivity (Wildman–Crippen MR) is 96.7 cm³/mol. The number of aromatic nitrogens is 1. The molecule has 1 unspecified atom stereocenters. The molecule has 4 rings (SSSR count). The van der Waals surface area contributed by atoms with Gasteiger partial charge in [-0.25, -0.2) is 4.98 Å². The van der Waals surface area contributed by atoms with E-state index in [1.165, 1.54) is 13.3 Å². The van der Waals surface area contributed by atoms with Crippen molar-refractivity contribution in [2.45, 2.75) is 25.8 Å². The summed E-state index contributed by atoms with van der Waals surface area (Å²) in [7, 11) is 0. The fraction of sp³-hybridized carbons (Fsp3) is 0.421. The molecule has 136 valence electrons. The van der Waals surface area contributed by atoms with E-state index in [-0.39, 0.29) is 23.7 Å². The van der Waals surface area contributed by atoms with E-state index in [0.717, 1.165) is 31.6 Å². The summed E-state index contributed by atoms with van der Waals surface area (Å²) in [5.41, 5.74) is 1.51. The number of benzene rings is 1. The average Bonchev–Trinajstić information content (AvgIpc) is 3.22. The second-order valence-electron chi connectivity index (χ2n) is 7.11. The van der Waals surface area contributed by atoms with Crippen molar-refractivity contribution in [1.82, 2.24) is 15.2 Å². The molecule has 1 aromatic heterocycles. The Morgan fingerprint density at radius 3 is 2.77 bits per heavy atom. The number of nitrogens with one attached hydrogen (secondary N) is 2. The van der Waals surface area contributed by atoms with Crippen molar-refractivity contribution in [3.05, 3.63) is 36.4 Å². The number of hydrogen-bond donors (Lipinski definition) is 2. The number of anilines is 1. The number of fused-ring (bicyclic) bond motifs is 2. The summed E-state index contributed by atoms with van der Waals surface area (Å²) in [4.78, 5) is 30.0. The Hall–Kier alpha value is -2.67. The SMILES string of the molecule is CC(=O)Nc1ccc(-c2cnc(C(=O)N[C@@H]3C[C@@H]4CCN(C4)C3)o2)cc1. The summed E-state index contributed by atoms with van der Waals surface area (Å²) in [6.45, 7) is 4.66. The highest BCUT2D eigenvalue weighted by Gasteiger charge is 2.33. The van der Waals surface area contributed by atoms with Crippen LogP contribution in [0.15, 0.2) is 34.9 Å². The maximum Gasteiger partial charge on any atom is 0.307 e. The van der Waals surface area contributed by atoms with Crippen molar-refractivity contribution in [2.24, 2.45) is 5.92 Å². The number of carbonyl (C=O) groups excluding carboxylic acids is 2. The monoisotopic (exact) mass is 354 g/mol. The standard InChI is InChI=1S/C19H22N4O3/c1-12(24)21-15-4-2-14(3-5-15)17-9-20-19(26-17)18(25)22-16-8-13-6-7-23(10-13)11-16/h2-5,9,13,16H,6-8,10-11H2,1H3,(H,21,24)(H,22,25)/t13-,16+/m0/s1. The Labute approximate surface area is 151 Å². The summed E-state index contributed by atoms with van der Waals surface area (Å²) >= 11 is 0. The second kappa shape index (κ2) is 6.92. The van der Waals surface area contributed by atoms with Gasteiger partial charge >= 0.3 is 5.91 Å². The van der Waals surface area contributed by atoms with E-state index in [2.05, 4.69) is 20.5 Å². The maximum atomic E-state index is 12.4. The number of piperidine rings is 1. The Kier molecular flexibility index (Phi) is 4.46. The summed E-state index contributed by atoms with van der Waals surface area (Å²) in [5.74, 6) is 0.912. The molecule has 1 aromatic carbocycles. The second-order valence-corrected chi connectivity index (χ2v) is 7.11. The van der Waals surface area contributed by atoms with E-state index in [1.54, 1.807) is 18.3 Å². The van der Waals surface area contributed by atoms with Crippen LogP contribution in [0.25, 0.3) is 11.3 Å². The van der Waals surface area contributed by atoms with Crippen LogP contribution in [-0.2, 0) is 4.79 Å². The third kappa shape index (κ3) is 3.62. The van der Waals surface area contributed by atoms with E-state index < -0.39 is 0 Å². The van der Waals surface area contributed by atoms with Gasteiger partial charge < -0.3 is 20.0 Å². The predicted octanol–water partition coefficient (Wildman–Crippen LogP) is 2.12. The molecule has 0 spiro atoms. The quantitative estimate of drug-likeness (QED) is 0.878. The van der Waals surface area contributed by atoms with Gasteiger partial charge in [0.2, 0.25) is 5.91 Å². The van der Waals surface area contributed by atoms with Crippen LogP contribution in [0.1, 0.15) is 30.5 Å². The number of rotatable bonds is 4. The number of amides is 2. The van der Waals surface area contributed by atoms with Gasteiger partial charge in [0.25, 0.3) is 5.89 Å². The van der Waals surface area contributed by atoms with Gasteiger partial charge in [-0.2, -0.15) is 0 Å². The molecule has 2 N–H and O–H groups in total. The van der Waals surface area contributed by atoms with Crippen LogP contribution in [0, 0.1) is 5.92 Å². The van der Waals surface area contributed by atoms with Gasteiger partial charge in [0.15, 0.2) is 5.76 Å². The molecule has 2 aromatic rings. The normalized spacial score (nSPS) is 24.3. The van der Waals surface area contributed by atoms with Crippen LogP contribution < -0.4 is 10.6 Å². The fourth-order valence-corrected chi connectivity index (χ4v) is 3.84. The average molecular weight is 354 g/mol. The van der Waals surface area contributed by atoms with Crippen molar-refractivity contribution in [2.75, 3.05) is 25.0 Å². The van der Waals surface area contributed by atoms with Crippen LogP contribution in [0.3, 0.4) is 0 Å². The van der Waals surface area contributed by atoms with Crippen LogP contribution in [0.5, 0.6) is 0 Å². The molecule has 3 heterocycles. The van der Waals surface area contributed by atoms with Gasteiger partial charge in [-0.15, -0.1) is 0 Å². The third-order valence-electron chi connectivity index (χ3n) is 4.99. The first-order valence-corrected chi connectivity index (χ1v) is 8.94. The fourth-order valence-electron chi connectivity index (χ4n) is 3.84. The first-order chi connectivity index (χ1) is 12.6. The van der Waals surface area contributed by atoms with Gasteiger partial charge in [0, 0.05) is 37.3 Å². The zero-order valence-corrected chi connectivity index (χ0v) is 14.7. The lowest BCUT2D eigenvalue weighted by molar-refractivity contribution is -0.114. The molecule has 7 nitrogen and oxygen atoms in total. The third-order valence-corrected chi connectivity index (χ3v) is 4.99. The van der Waals surface area contributed by atoms with Gasteiger partial charge in [-0.05, 0) is 49.6 Å². The summed E-state index contributed by atoms with van der Waals surface area (Å²) in [6, 6.07) is 7.37. The van der Waals surface area contributed by atoms with E-state index in [4.69, 9.17) is 4.42 Å². The molecule has 2 saturated heterocycles. The Balaban J connectivity index is 1.40. The summed E-state index contributed by atoms with van der Waals surface area (Å²) in [6.07, 6.45) is 3.81. The van der Waals surface area contributed by atoms with E-state index in [0.29, 0.717) is 17.4 Å². The lowest BCUT2D eigenvalue weighted by Crippen LogP contribution is -2.47. The van der Waals surface area contributed by atoms with Crippen LogP contribution in [0.4, 0.5) is 5.69 Å². The number of nitrogens with zero attached hydrogens (tertiary/aromatic N) is 2. The van der Waals surface area contributed by atoms with E-state index in [1.807, 2.05) is 12.1 Å². The highest BCUT2D eigenvalue weighted by Crippen LogP contribution is 2.27. The lowest BCUT2D eigenvalue weighted by Gasteiger charge is -2.30. The Morgan fingerprint density at radius 2 is 2.04 bits per heavy atom. The van der Waals surface area contributed by atoms with Gasteiger partial charge in [-0.1, -0.05) is 0 Å². The molecule has 3 atom stereocenters. The van der Waals surface area contributed by atoms with Crippen molar-refractivity contribution < 1.29 is 14.0 Å². The van der Waals surface area contributed by atoms with Crippen molar-refractivity contribution in [3.63, 3.8) is 0 Å². The minimum atomic E-state index is -0.265. The van der Waals surface area contributed by atoms with Crippen molar-refractivity contribution in [3.8, 4) is 11.3 Å². The molecule has 0 saturated carbocycles. The molecule has 2 amide bonds. The molecule has 0 radical (unpaired) electrons. The topological polar surface area (TPSA) is 87.5 Å². The summed E-state index contributed by atoms with van der Waals surface area (Å²) in [5, 5.41) is 5.76. The van der Waals surface area contributed by atoms with Crippen LogP contribution in [-0.4, -0.2) is 47.4 Å². The van der Waals surface area contributed by atoms with Crippen molar-refractivity contribution >= 4 is 17.5 Å². The molecular formula is C19H22N4O3.